The fourth-order valence-corrected chi connectivity index (χ4v) is 4.26. The third-order valence-electron chi connectivity index (χ3n) is 4.52. The molecule has 0 unspecified atom stereocenters. The first-order valence-electron chi connectivity index (χ1n) is 9.47. The lowest BCUT2D eigenvalue weighted by molar-refractivity contribution is -0.384. The number of halogens is 4. The molecule has 0 amide bonds. The molecule has 178 valence electrons. The van der Waals surface area contributed by atoms with Crippen LogP contribution in [-0.2, 0) is 10.9 Å². The van der Waals surface area contributed by atoms with E-state index in [1.807, 2.05) is 0 Å². The number of ether oxygens (including phenoxy) is 1. The van der Waals surface area contributed by atoms with Gasteiger partial charge in [-0.1, -0.05) is 23.7 Å². The second-order valence-electron chi connectivity index (χ2n) is 6.69. The number of anilines is 3. The molecule has 0 saturated carbocycles. The number of esters is 1. The number of alkyl halides is 3. The number of nitrogens with zero attached hydrogens (tertiary/aromatic N) is 1. The normalized spacial score (nSPS) is 11.2. The lowest BCUT2D eigenvalue weighted by Crippen LogP contribution is -2.11. The molecule has 34 heavy (non-hydrogen) atoms. The van der Waals surface area contributed by atoms with Gasteiger partial charge in [-0.25, -0.2) is 4.79 Å². The van der Waals surface area contributed by atoms with Crippen LogP contribution in [0.15, 0.2) is 42.5 Å². The summed E-state index contributed by atoms with van der Waals surface area (Å²) in [4.78, 5) is 35.8. The van der Waals surface area contributed by atoms with Crippen LogP contribution in [0, 0.1) is 10.1 Å². The first kappa shape index (κ1) is 25.0. The van der Waals surface area contributed by atoms with Crippen molar-refractivity contribution in [1.82, 2.24) is 0 Å². The Hall–Kier alpha value is -3.64. The van der Waals surface area contributed by atoms with E-state index in [1.54, 1.807) is 0 Å². The summed E-state index contributed by atoms with van der Waals surface area (Å²) in [7, 11) is 0. The summed E-state index contributed by atoms with van der Waals surface area (Å²) < 4.78 is 45.2. The van der Waals surface area contributed by atoms with E-state index in [1.165, 1.54) is 25.1 Å². The molecule has 8 nitrogen and oxygen atoms in total. The molecule has 3 aromatic rings. The van der Waals surface area contributed by atoms with Crippen molar-refractivity contribution in [2.24, 2.45) is 0 Å². The molecule has 0 aliphatic heterocycles. The minimum Gasteiger partial charge on any atom is -0.462 e. The molecule has 13 heteroatoms. The highest BCUT2D eigenvalue weighted by Crippen LogP contribution is 2.42. The van der Waals surface area contributed by atoms with Gasteiger partial charge in [0.15, 0.2) is 0 Å². The standard InChI is InChI=1S/C21H15ClF3N3O5S/c1-2-33-20(30)15-16(26)18(17(29)10-7-8-12(22)14(9-10)28(31)32)34-19(15)27-13-6-4-3-5-11(13)21(23,24)25/h3-9,27H,2,26H2,1H3. The van der Waals surface area contributed by atoms with E-state index in [0.29, 0.717) is 11.3 Å². The Labute approximate surface area is 199 Å². The summed E-state index contributed by atoms with van der Waals surface area (Å²) in [5.41, 5.74) is 3.34. The van der Waals surface area contributed by atoms with E-state index >= 15 is 0 Å². The van der Waals surface area contributed by atoms with Gasteiger partial charge in [0.25, 0.3) is 5.69 Å². The summed E-state index contributed by atoms with van der Waals surface area (Å²) in [6, 6.07) is 7.89. The van der Waals surface area contributed by atoms with Gasteiger partial charge in [0, 0.05) is 11.6 Å². The smallest absolute Gasteiger partial charge is 0.418 e. The van der Waals surface area contributed by atoms with Crippen molar-refractivity contribution in [2.75, 3.05) is 17.7 Å². The number of benzene rings is 2. The summed E-state index contributed by atoms with van der Waals surface area (Å²) in [5.74, 6) is -1.74. The lowest BCUT2D eigenvalue weighted by atomic mass is 10.1. The molecule has 1 heterocycles. The summed E-state index contributed by atoms with van der Waals surface area (Å²) in [6.45, 7) is 1.46. The number of hydrogen-bond donors (Lipinski definition) is 2. The molecular weight excluding hydrogens is 499 g/mol. The molecule has 3 N–H and O–H groups in total. The van der Waals surface area contributed by atoms with E-state index < -0.39 is 34.1 Å². The maximum Gasteiger partial charge on any atom is 0.418 e. The summed E-state index contributed by atoms with van der Waals surface area (Å²) in [5, 5.41) is 13.3. The molecule has 0 saturated heterocycles. The van der Waals surface area contributed by atoms with Gasteiger partial charge in [0.05, 0.1) is 28.5 Å². The van der Waals surface area contributed by atoms with E-state index in [2.05, 4.69) is 5.32 Å². The Morgan fingerprint density at radius 3 is 2.53 bits per heavy atom. The number of nitrogen functional groups attached to an aromatic ring is 1. The van der Waals surface area contributed by atoms with Crippen LogP contribution in [0.5, 0.6) is 0 Å². The fraction of sp³-hybridized carbons (Fsp3) is 0.143. The number of carbonyl (C=O) groups is 2. The Bertz CT molecular complexity index is 1290. The van der Waals surface area contributed by atoms with E-state index in [9.17, 15) is 32.9 Å². The van der Waals surface area contributed by atoms with Gasteiger partial charge in [-0.05, 0) is 31.2 Å². The third-order valence-corrected chi connectivity index (χ3v) is 5.96. The van der Waals surface area contributed by atoms with Gasteiger partial charge >= 0.3 is 12.1 Å². The predicted octanol–water partition coefficient (Wildman–Crippen LogP) is 6.06. The molecule has 2 aromatic carbocycles. The van der Waals surface area contributed by atoms with E-state index in [4.69, 9.17) is 22.1 Å². The van der Waals surface area contributed by atoms with Crippen molar-refractivity contribution in [3.05, 3.63) is 79.2 Å². The highest BCUT2D eigenvalue weighted by atomic mass is 35.5. The SMILES string of the molecule is CCOC(=O)c1c(Nc2ccccc2C(F)(F)F)sc(C(=O)c2ccc(Cl)c([N+](=O)[O-])c2)c1N. The molecule has 0 fully saturated rings. The number of thiophene rings is 1. The van der Waals surface area contributed by atoms with Crippen molar-refractivity contribution >= 4 is 56.8 Å². The van der Waals surface area contributed by atoms with E-state index in [0.717, 1.165) is 24.3 Å². The van der Waals surface area contributed by atoms with Gasteiger partial charge in [-0.3, -0.25) is 14.9 Å². The zero-order valence-electron chi connectivity index (χ0n) is 17.2. The van der Waals surface area contributed by atoms with Crippen LogP contribution in [0.4, 0.5) is 35.2 Å². The Morgan fingerprint density at radius 2 is 1.91 bits per heavy atom. The van der Waals surface area contributed by atoms with Crippen molar-refractivity contribution in [3.63, 3.8) is 0 Å². The number of ketones is 1. The lowest BCUT2D eigenvalue weighted by Gasteiger charge is -2.14. The van der Waals surface area contributed by atoms with Crippen LogP contribution in [0.3, 0.4) is 0 Å². The molecule has 0 bridgehead atoms. The number of nitro benzene ring substituents is 1. The fourth-order valence-electron chi connectivity index (χ4n) is 2.99. The highest BCUT2D eigenvalue weighted by Gasteiger charge is 2.34. The number of carbonyl (C=O) groups excluding carboxylic acids is 2. The summed E-state index contributed by atoms with van der Waals surface area (Å²) in [6.07, 6.45) is -4.70. The van der Waals surface area contributed by atoms with Crippen LogP contribution >= 0.6 is 22.9 Å². The Morgan fingerprint density at radius 1 is 1.24 bits per heavy atom. The van der Waals surface area contributed by atoms with Gasteiger partial charge in [0.2, 0.25) is 5.78 Å². The van der Waals surface area contributed by atoms with Gasteiger partial charge < -0.3 is 15.8 Å². The molecule has 0 spiro atoms. The maximum absolute atomic E-state index is 13.4. The van der Waals surface area contributed by atoms with E-state index in [-0.39, 0.29) is 44.0 Å². The van der Waals surface area contributed by atoms with Crippen molar-refractivity contribution in [2.45, 2.75) is 13.1 Å². The van der Waals surface area contributed by atoms with Crippen LogP contribution in [0.2, 0.25) is 5.02 Å². The number of nitrogens with two attached hydrogens (primary N) is 1. The predicted molar refractivity (Wildman–Crippen MR) is 121 cm³/mol. The third kappa shape index (κ3) is 4.97. The highest BCUT2D eigenvalue weighted by molar-refractivity contribution is 7.19. The average molecular weight is 514 g/mol. The minimum atomic E-state index is -4.70. The molecule has 3 rings (SSSR count). The molecule has 0 atom stereocenters. The number of para-hydroxylation sites is 1. The molecule has 1 aromatic heterocycles. The van der Waals surface area contributed by atoms with Crippen LogP contribution in [0.25, 0.3) is 0 Å². The maximum atomic E-state index is 13.4. The van der Waals surface area contributed by atoms with Gasteiger partial charge in [-0.2, -0.15) is 13.2 Å². The van der Waals surface area contributed by atoms with Crippen LogP contribution in [-0.4, -0.2) is 23.3 Å². The minimum absolute atomic E-state index is 0.0562. The largest absolute Gasteiger partial charge is 0.462 e. The number of rotatable bonds is 7. The van der Waals surface area contributed by atoms with Crippen molar-refractivity contribution in [3.8, 4) is 0 Å². The molecule has 0 aliphatic rings. The molecule has 0 aliphatic carbocycles. The van der Waals surface area contributed by atoms with Crippen LogP contribution in [0.1, 0.15) is 38.1 Å². The number of nitro groups is 1. The average Bonchev–Trinajstić information content (AvgIpc) is 3.09. The van der Waals surface area contributed by atoms with Gasteiger partial charge in [0.1, 0.15) is 20.5 Å². The van der Waals surface area contributed by atoms with Crippen molar-refractivity contribution in [1.29, 1.82) is 0 Å². The monoisotopic (exact) mass is 513 g/mol. The topological polar surface area (TPSA) is 125 Å². The van der Waals surface area contributed by atoms with Crippen molar-refractivity contribution < 1.29 is 32.4 Å². The van der Waals surface area contributed by atoms with Crippen LogP contribution < -0.4 is 11.1 Å². The Balaban J connectivity index is 2.13. The number of nitrogens with one attached hydrogen (secondary N) is 1. The first-order chi connectivity index (χ1) is 16.0. The zero-order chi connectivity index (χ0) is 25.2. The molecular formula is C21H15ClF3N3O5S. The molecule has 0 radical (unpaired) electrons. The second-order valence-corrected chi connectivity index (χ2v) is 8.12. The summed E-state index contributed by atoms with van der Waals surface area (Å²) >= 11 is 6.40. The second kappa shape index (κ2) is 9.69. The first-order valence-corrected chi connectivity index (χ1v) is 10.7. The zero-order valence-corrected chi connectivity index (χ0v) is 18.8. The number of hydrogen-bond acceptors (Lipinski definition) is 8. The Kier molecular flexibility index (Phi) is 7.12. The quantitative estimate of drug-likeness (QED) is 0.170. The van der Waals surface area contributed by atoms with Gasteiger partial charge in [-0.15, -0.1) is 11.3 Å².